The first-order valence-corrected chi connectivity index (χ1v) is 7.56. The summed E-state index contributed by atoms with van der Waals surface area (Å²) in [4.78, 5) is 0. The van der Waals surface area contributed by atoms with Gasteiger partial charge in [-0.2, -0.15) is 0 Å². The van der Waals surface area contributed by atoms with E-state index in [0.717, 1.165) is 44.1 Å². The van der Waals surface area contributed by atoms with Crippen LogP contribution in [0.5, 0.6) is 0 Å². The van der Waals surface area contributed by atoms with Crippen molar-refractivity contribution in [3.8, 4) is 0 Å². The van der Waals surface area contributed by atoms with Crippen LogP contribution >= 0.6 is 0 Å². The molecule has 0 saturated heterocycles. The molecule has 2 nitrogen and oxygen atoms in total. The highest BCUT2D eigenvalue weighted by Crippen LogP contribution is 2.29. The third-order valence-electron chi connectivity index (χ3n) is 4.22. The van der Waals surface area contributed by atoms with Crippen LogP contribution in [0.3, 0.4) is 0 Å². The van der Waals surface area contributed by atoms with Gasteiger partial charge in [0.05, 0.1) is 0 Å². The van der Waals surface area contributed by atoms with Gasteiger partial charge in [-0.25, -0.2) is 0 Å². The zero-order chi connectivity index (χ0) is 12.5. The lowest BCUT2D eigenvalue weighted by Gasteiger charge is -2.34. The van der Waals surface area contributed by atoms with Crippen LogP contribution in [0, 0.1) is 11.8 Å². The average Bonchev–Trinajstić information content (AvgIpc) is 2.33. The second-order valence-electron chi connectivity index (χ2n) is 5.65. The zero-order valence-corrected chi connectivity index (χ0v) is 12.0. The number of unbranched alkanes of at least 4 members (excludes halogenated alkanes) is 1. The van der Waals surface area contributed by atoms with E-state index in [1.54, 1.807) is 0 Å². The maximum Gasteiger partial charge on any atom is 0.0478 e. The summed E-state index contributed by atoms with van der Waals surface area (Å²) < 4.78 is 5.57. The van der Waals surface area contributed by atoms with E-state index in [0.29, 0.717) is 0 Å². The highest BCUT2D eigenvalue weighted by molar-refractivity contribution is 4.81. The highest BCUT2D eigenvalue weighted by Gasteiger charge is 2.26. The van der Waals surface area contributed by atoms with Crippen LogP contribution in [0.2, 0.25) is 0 Å². The van der Waals surface area contributed by atoms with Gasteiger partial charge in [0.2, 0.25) is 0 Å². The van der Waals surface area contributed by atoms with Crippen LogP contribution in [-0.2, 0) is 4.74 Å². The van der Waals surface area contributed by atoms with Gasteiger partial charge in [0, 0.05) is 19.3 Å². The van der Waals surface area contributed by atoms with E-state index in [-0.39, 0.29) is 0 Å². The minimum absolute atomic E-state index is 0.745. The van der Waals surface area contributed by atoms with Gasteiger partial charge in [-0.1, -0.05) is 40.0 Å². The van der Waals surface area contributed by atoms with E-state index in [1.807, 2.05) is 0 Å². The smallest absolute Gasteiger partial charge is 0.0478 e. The summed E-state index contributed by atoms with van der Waals surface area (Å²) in [7, 11) is 0. The van der Waals surface area contributed by atoms with Gasteiger partial charge in [-0.05, 0) is 37.6 Å². The molecule has 17 heavy (non-hydrogen) atoms. The minimum Gasteiger partial charge on any atom is -0.381 e. The molecule has 1 N–H and O–H groups in total. The molecule has 0 aromatic heterocycles. The molecule has 1 aliphatic rings. The Morgan fingerprint density at radius 2 is 1.88 bits per heavy atom. The molecule has 1 fully saturated rings. The van der Waals surface area contributed by atoms with Crippen LogP contribution < -0.4 is 5.32 Å². The molecule has 0 aromatic carbocycles. The summed E-state index contributed by atoms with van der Waals surface area (Å²) >= 11 is 0. The fourth-order valence-electron chi connectivity index (χ4n) is 2.68. The normalized spacial score (nSPS) is 29.5. The van der Waals surface area contributed by atoms with E-state index < -0.39 is 0 Å². The number of nitrogens with one attached hydrogen (secondary N) is 1. The summed E-state index contributed by atoms with van der Waals surface area (Å²) in [5, 5.41) is 3.71. The number of rotatable bonds is 8. The summed E-state index contributed by atoms with van der Waals surface area (Å²) in [6.07, 6.45) is 7.76. The Balaban J connectivity index is 1.98. The standard InChI is InChI=1S/C15H31NO/c1-4-5-11-17-12-7-10-16-15-9-6-8-13(2)14(15)3/h13-16H,4-12H2,1-3H3. The monoisotopic (exact) mass is 241 g/mol. The van der Waals surface area contributed by atoms with Crippen molar-refractivity contribution in [3.63, 3.8) is 0 Å². The summed E-state index contributed by atoms with van der Waals surface area (Å²) in [5.41, 5.74) is 0. The van der Waals surface area contributed by atoms with Crippen molar-refractivity contribution in [1.82, 2.24) is 5.32 Å². The van der Waals surface area contributed by atoms with Gasteiger partial charge < -0.3 is 10.1 Å². The fraction of sp³-hybridized carbons (Fsp3) is 1.00. The predicted octanol–water partition coefficient (Wildman–Crippen LogP) is 3.61. The second-order valence-corrected chi connectivity index (χ2v) is 5.65. The molecule has 0 aliphatic heterocycles. The summed E-state index contributed by atoms with van der Waals surface area (Å²) in [5.74, 6) is 1.73. The molecule has 0 heterocycles. The van der Waals surface area contributed by atoms with E-state index in [4.69, 9.17) is 4.74 Å². The minimum atomic E-state index is 0.745. The molecular weight excluding hydrogens is 210 g/mol. The van der Waals surface area contributed by atoms with E-state index >= 15 is 0 Å². The van der Waals surface area contributed by atoms with Crippen LogP contribution in [0.4, 0.5) is 0 Å². The molecule has 2 heteroatoms. The summed E-state index contributed by atoms with van der Waals surface area (Å²) in [6.45, 7) is 9.98. The predicted molar refractivity (Wildman–Crippen MR) is 74.3 cm³/mol. The molecule has 0 bridgehead atoms. The Morgan fingerprint density at radius 3 is 2.65 bits per heavy atom. The van der Waals surface area contributed by atoms with Crippen LogP contribution in [0.1, 0.15) is 59.3 Å². The average molecular weight is 241 g/mol. The van der Waals surface area contributed by atoms with Gasteiger partial charge in [0.1, 0.15) is 0 Å². The van der Waals surface area contributed by atoms with Crippen LogP contribution in [0.25, 0.3) is 0 Å². The van der Waals surface area contributed by atoms with Crippen molar-refractivity contribution in [2.45, 2.75) is 65.3 Å². The third kappa shape index (κ3) is 5.87. The van der Waals surface area contributed by atoms with Gasteiger partial charge in [-0.15, -0.1) is 0 Å². The van der Waals surface area contributed by atoms with Crippen molar-refractivity contribution in [2.24, 2.45) is 11.8 Å². The van der Waals surface area contributed by atoms with Crippen molar-refractivity contribution in [1.29, 1.82) is 0 Å². The molecule has 1 rings (SSSR count). The van der Waals surface area contributed by atoms with E-state index in [9.17, 15) is 0 Å². The molecule has 1 saturated carbocycles. The van der Waals surface area contributed by atoms with Crippen molar-refractivity contribution in [2.75, 3.05) is 19.8 Å². The molecule has 3 atom stereocenters. The van der Waals surface area contributed by atoms with Crippen molar-refractivity contribution >= 4 is 0 Å². The molecule has 0 aromatic rings. The van der Waals surface area contributed by atoms with Crippen LogP contribution in [0.15, 0.2) is 0 Å². The lowest BCUT2D eigenvalue weighted by molar-refractivity contribution is 0.125. The first-order chi connectivity index (χ1) is 8.25. The second kappa shape index (κ2) is 8.93. The van der Waals surface area contributed by atoms with Gasteiger partial charge in [-0.3, -0.25) is 0 Å². The van der Waals surface area contributed by atoms with E-state index in [1.165, 1.54) is 32.1 Å². The quantitative estimate of drug-likeness (QED) is 0.656. The maximum absolute atomic E-state index is 5.57. The van der Waals surface area contributed by atoms with Crippen molar-refractivity contribution < 1.29 is 4.74 Å². The molecule has 0 radical (unpaired) electrons. The first kappa shape index (κ1) is 15.0. The van der Waals surface area contributed by atoms with Crippen molar-refractivity contribution in [3.05, 3.63) is 0 Å². The number of hydrogen-bond acceptors (Lipinski definition) is 2. The van der Waals surface area contributed by atoms with E-state index in [2.05, 4.69) is 26.1 Å². The Hall–Kier alpha value is -0.0800. The molecule has 0 spiro atoms. The van der Waals surface area contributed by atoms with Gasteiger partial charge in [0.15, 0.2) is 0 Å². The largest absolute Gasteiger partial charge is 0.381 e. The SMILES string of the molecule is CCCCOCCCNC1CCCC(C)C1C. The maximum atomic E-state index is 5.57. The first-order valence-electron chi connectivity index (χ1n) is 7.56. The molecular formula is C15H31NO. The number of ether oxygens (including phenoxy) is 1. The Morgan fingerprint density at radius 1 is 1.12 bits per heavy atom. The molecule has 102 valence electrons. The molecule has 1 aliphatic carbocycles. The van der Waals surface area contributed by atoms with Gasteiger partial charge >= 0.3 is 0 Å². The lowest BCUT2D eigenvalue weighted by Crippen LogP contribution is -2.41. The Bertz CT molecular complexity index is 184. The summed E-state index contributed by atoms with van der Waals surface area (Å²) in [6, 6.07) is 0.745. The fourth-order valence-corrected chi connectivity index (χ4v) is 2.68. The van der Waals surface area contributed by atoms with Gasteiger partial charge in [0.25, 0.3) is 0 Å². The highest BCUT2D eigenvalue weighted by atomic mass is 16.5. The third-order valence-corrected chi connectivity index (χ3v) is 4.22. The topological polar surface area (TPSA) is 21.3 Å². The lowest BCUT2D eigenvalue weighted by atomic mass is 9.78. The zero-order valence-electron chi connectivity index (χ0n) is 12.0. The Kier molecular flexibility index (Phi) is 7.87. The van der Waals surface area contributed by atoms with Crippen LogP contribution in [-0.4, -0.2) is 25.8 Å². The Labute approximate surface area is 108 Å². The molecule has 0 amide bonds. The number of hydrogen-bond donors (Lipinski definition) is 1. The molecule has 3 unspecified atom stereocenters.